The van der Waals surface area contributed by atoms with Gasteiger partial charge in [-0.2, -0.15) is 0 Å². The maximum absolute atomic E-state index is 12.3. The summed E-state index contributed by atoms with van der Waals surface area (Å²) in [6.07, 6.45) is -2.80. The lowest BCUT2D eigenvalue weighted by atomic mass is 9.98. The van der Waals surface area contributed by atoms with Crippen molar-refractivity contribution in [2.45, 2.75) is 37.5 Å². The number of carbonyl (C=O) groups excluding carboxylic acids is 2. The Morgan fingerprint density at radius 1 is 1.03 bits per heavy atom. The fourth-order valence-corrected chi connectivity index (χ4v) is 3.91. The van der Waals surface area contributed by atoms with Crippen LogP contribution in [0.25, 0.3) is 11.1 Å². The summed E-state index contributed by atoms with van der Waals surface area (Å²) in [5, 5.41) is 23.3. The van der Waals surface area contributed by atoms with Gasteiger partial charge in [0.1, 0.15) is 6.61 Å². The summed E-state index contributed by atoms with van der Waals surface area (Å²) < 4.78 is 10.7. The molecule has 3 unspecified atom stereocenters. The summed E-state index contributed by atoms with van der Waals surface area (Å²) >= 11 is 0. The van der Waals surface area contributed by atoms with E-state index >= 15 is 0 Å². The topological polar surface area (TPSA) is 134 Å². The lowest BCUT2D eigenvalue weighted by Crippen LogP contribution is -2.49. The number of carboxylic acids is 1. The summed E-state index contributed by atoms with van der Waals surface area (Å²) in [4.78, 5) is 35.5. The van der Waals surface area contributed by atoms with Gasteiger partial charge in [-0.1, -0.05) is 48.5 Å². The Morgan fingerprint density at radius 2 is 1.61 bits per heavy atom. The van der Waals surface area contributed by atoms with Crippen molar-refractivity contribution in [3.8, 4) is 11.1 Å². The average Bonchev–Trinajstić information content (AvgIpc) is 3.12. The third-order valence-corrected chi connectivity index (χ3v) is 5.63. The molecule has 0 heterocycles. The van der Waals surface area contributed by atoms with Gasteiger partial charge < -0.3 is 30.3 Å². The number of hydrogen-bond acceptors (Lipinski definition) is 6. The molecule has 176 valence electrons. The molecule has 0 fully saturated rings. The van der Waals surface area contributed by atoms with E-state index in [0.29, 0.717) is 0 Å². The normalized spacial score (nSPS) is 15.0. The lowest BCUT2D eigenvalue weighted by molar-refractivity contribution is -0.145. The summed E-state index contributed by atoms with van der Waals surface area (Å²) in [7, 11) is 1.38. The molecule has 4 N–H and O–H groups in total. The van der Waals surface area contributed by atoms with Gasteiger partial charge in [0.15, 0.2) is 6.04 Å². The zero-order valence-corrected chi connectivity index (χ0v) is 18.5. The molecule has 0 radical (unpaired) electrons. The Balaban J connectivity index is 1.51. The molecule has 0 saturated carbocycles. The minimum absolute atomic E-state index is 0.00693. The standard InChI is InChI=1S/C24H28N2O7/c1-14(27)22(23(29)30)26-21(28)11-15(32-2)12-25-24(31)33-13-20-18-9-5-3-7-16(18)17-8-4-6-10-19(17)20/h3-10,14-15,20,22,27H,11-13H2,1-2H3,(H,25,31)(H,26,28)(H,29,30). The zero-order valence-electron chi connectivity index (χ0n) is 18.5. The average molecular weight is 456 g/mol. The maximum atomic E-state index is 12.3. The Labute approximate surface area is 191 Å². The summed E-state index contributed by atoms with van der Waals surface area (Å²) in [5.74, 6) is -2.03. The smallest absolute Gasteiger partial charge is 0.407 e. The first-order chi connectivity index (χ1) is 15.8. The van der Waals surface area contributed by atoms with E-state index in [0.717, 1.165) is 22.3 Å². The SMILES string of the molecule is COC(CNC(=O)OCC1c2ccccc2-c2ccccc21)CC(=O)NC(C(=O)O)C(C)O. The molecule has 9 nitrogen and oxygen atoms in total. The van der Waals surface area contributed by atoms with Crippen molar-refractivity contribution < 1.29 is 34.1 Å². The number of aliphatic carboxylic acids is 1. The third kappa shape index (κ3) is 5.88. The highest BCUT2D eigenvalue weighted by molar-refractivity contribution is 5.84. The van der Waals surface area contributed by atoms with E-state index < -0.39 is 36.2 Å². The maximum Gasteiger partial charge on any atom is 0.407 e. The highest BCUT2D eigenvalue weighted by atomic mass is 16.5. The number of rotatable bonds is 10. The Bertz CT molecular complexity index is 962. The van der Waals surface area contributed by atoms with Gasteiger partial charge in [0, 0.05) is 19.6 Å². The highest BCUT2D eigenvalue weighted by Crippen LogP contribution is 2.44. The fraction of sp³-hybridized carbons (Fsp3) is 0.375. The fourth-order valence-electron chi connectivity index (χ4n) is 3.91. The van der Waals surface area contributed by atoms with Crippen LogP contribution in [0.5, 0.6) is 0 Å². The van der Waals surface area contributed by atoms with Gasteiger partial charge in [-0.25, -0.2) is 9.59 Å². The summed E-state index contributed by atoms with van der Waals surface area (Å²) in [6, 6.07) is 14.6. The molecular formula is C24H28N2O7. The molecule has 9 heteroatoms. The van der Waals surface area contributed by atoms with Crippen LogP contribution in [0.4, 0.5) is 4.79 Å². The number of alkyl carbamates (subject to hydrolysis) is 1. The Kier molecular flexibility index (Phi) is 8.02. The molecule has 3 atom stereocenters. The largest absolute Gasteiger partial charge is 0.480 e. The molecule has 2 aromatic carbocycles. The quantitative estimate of drug-likeness (QED) is 0.429. The van der Waals surface area contributed by atoms with Crippen LogP contribution in [-0.4, -0.2) is 66.7 Å². The molecule has 2 aromatic rings. The number of amides is 2. The monoisotopic (exact) mass is 456 g/mol. The van der Waals surface area contributed by atoms with Crippen LogP contribution in [0, 0.1) is 0 Å². The molecule has 0 aromatic heterocycles. The van der Waals surface area contributed by atoms with Crippen LogP contribution in [0.2, 0.25) is 0 Å². The van der Waals surface area contributed by atoms with E-state index in [1.54, 1.807) is 0 Å². The van der Waals surface area contributed by atoms with E-state index in [1.165, 1.54) is 14.0 Å². The van der Waals surface area contributed by atoms with Crippen molar-refractivity contribution in [2.75, 3.05) is 20.3 Å². The summed E-state index contributed by atoms with van der Waals surface area (Å²) in [5.41, 5.74) is 4.46. The number of aliphatic hydroxyl groups excluding tert-OH is 1. The van der Waals surface area contributed by atoms with Crippen LogP contribution < -0.4 is 10.6 Å². The van der Waals surface area contributed by atoms with Crippen LogP contribution in [0.1, 0.15) is 30.4 Å². The van der Waals surface area contributed by atoms with Crippen LogP contribution in [0.3, 0.4) is 0 Å². The number of ether oxygens (including phenoxy) is 2. The Morgan fingerprint density at radius 3 is 2.12 bits per heavy atom. The number of methoxy groups -OCH3 is 1. The molecule has 0 spiro atoms. The second-order valence-electron chi connectivity index (χ2n) is 7.89. The van der Waals surface area contributed by atoms with E-state index in [2.05, 4.69) is 22.8 Å². The first-order valence-corrected chi connectivity index (χ1v) is 10.6. The zero-order chi connectivity index (χ0) is 24.0. The predicted molar refractivity (Wildman–Crippen MR) is 120 cm³/mol. The van der Waals surface area contributed by atoms with Crippen molar-refractivity contribution in [1.82, 2.24) is 10.6 Å². The van der Waals surface area contributed by atoms with Crippen molar-refractivity contribution >= 4 is 18.0 Å². The van der Waals surface area contributed by atoms with Crippen LogP contribution in [-0.2, 0) is 19.1 Å². The number of nitrogens with one attached hydrogen (secondary N) is 2. The number of hydrogen-bond donors (Lipinski definition) is 4. The number of carboxylic acid groups (broad SMARTS) is 1. The lowest BCUT2D eigenvalue weighted by Gasteiger charge is -2.20. The predicted octanol–water partition coefficient (Wildman–Crippen LogP) is 1.88. The number of benzene rings is 2. The van der Waals surface area contributed by atoms with E-state index in [-0.39, 0.29) is 25.5 Å². The molecule has 1 aliphatic carbocycles. The van der Waals surface area contributed by atoms with Crippen molar-refractivity contribution in [2.24, 2.45) is 0 Å². The first kappa shape index (κ1) is 24.2. The van der Waals surface area contributed by atoms with Crippen molar-refractivity contribution in [3.63, 3.8) is 0 Å². The minimum atomic E-state index is -1.43. The molecule has 33 heavy (non-hydrogen) atoms. The van der Waals surface area contributed by atoms with Crippen LogP contribution >= 0.6 is 0 Å². The number of aliphatic hydroxyl groups is 1. The molecule has 3 rings (SSSR count). The Hall–Kier alpha value is -3.43. The van der Waals surface area contributed by atoms with Gasteiger partial charge in [-0.05, 0) is 29.2 Å². The number of fused-ring (bicyclic) bond motifs is 3. The van der Waals surface area contributed by atoms with E-state index in [4.69, 9.17) is 14.6 Å². The van der Waals surface area contributed by atoms with Crippen molar-refractivity contribution in [1.29, 1.82) is 0 Å². The van der Waals surface area contributed by atoms with Gasteiger partial charge >= 0.3 is 12.1 Å². The third-order valence-electron chi connectivity index (χ3n) is 5.63. The van der Waals surface area contributed by atoms with E-state index in [1.807, 2.05) is 36.4 Å². The van der Waals surface area contributed by atoms with Crippen LogP contribution in [0.15, 0.2) is 48.5 Å². The van der Waals surface area contributed by atoms with Gasteiger partial charge in [-0.3, -0.25) is 4.79 Å². The first-order valence-electron chi connectivity index (χ1n) is 10.6. The molecular weight excluding hydrogens is 428 g/mol. The molecule has 0 saturated heterocycles. The molecule has 0 bridgehead atoms. The second-order valence-corrected chi connectivity index (χ2v) is 7.89. The van der Waals surface area contributed by atoms with Gasteiger partial charge in [0.2, 0.25) is 5.91 Å². The number of carbonyl (C=O) groups is 3. The second kappa shape index (κ2) is 10.9. The van der Waals surface area contributed by atoms with Gasteiger partial charge in [-0.15, -0.1) is 0 Å². The molecule has 1 aliphatic rings. The highest BCUT2D eigenvalue weighted by Gasteiger charge is 2.29. The minimum Gasteiger partial charge on any atom is -0.480 e. The molecule has 0 aliphatic heterocycles. The molecule has 2 amide bonds. The summed E-state index contributed by atoms with van der Waals surface area (Å²) in [6.45, 7) is 1.42. The van der Waals surface area contributed by atoms with E-state index in [9.17, 15) is 19.5 Å². The van der Waals surface area contributed by atoms with Gasteiger partial charge in [0.25, 0.3) is 0 Å². The van der Waals surface area contributed by atoms with Crippen molar-refractivity contribution in [3.05, 3.63) is 59.7 Å². The van der Waals surface area contributed by atoms with Gasteiger partial charge in [0.05, 0.1) is 18.6 Å².